The van der Waals surface area contributed by atoms with E-state index in [1.807, 2.05) is 0 Å². The summed E-state index contributed by atoms with van der Waals surface area (Å²) in [6.45, 7) is 2.91. The number of benzene rings is 1. The number of aliphatic hydroxyl groups excluding tert-OH is 1. The average molecular weight is 313 g/mol. The van der Waals surface area contributed by atoms with Gasteiger partial charge in [0.05, 0.1) is 0 Å². The highest BCUT2D eigenvalue weighted by atomic mass is 32.2. The van der Waals surface area contributed by atoms with Crippen molar-refractivity contribution in [1.82, 2.24) is 4.72 Å². The van der Waals surface area contributed by atoms with E-state index in [2.05, 4.69) is 4.72 Å². The summed E-state index contributed by atoms with van der Waals surface area (Å²) in [5, 5.41) is 8.61. The van der Waals surface area contributed by atoms with Crippen LogP contribution in [-0.4, -0.2) is 13.5 Å². The molecule has 1 aromatic carbocycles. The van der Waals surface area contributed by atoms with E-state index in [-0.39, 0.29) is 29.8 Å². The van der Waals surface area contributed by atoms with Crippen molar-refractivity contribution in [3.05, 3.63) is 52.5 Å². The summed E-state index contributed by atoms with van der Waals surface area (Å²) >= 11 is 0. The minimum Gasteiger partial charge on any atom is -0.446 e. The van der Waals surface area contributed by atoms with Gasteiger partial charge in [0.15, 0.2) is 0 Å². The number of sulfonamides is 1. The zero-order valence-corrected chi connectivity index (χ0v) is 12.5. The molecule has 2 N–H and O–H groups in total. The fourth-order valence-electron chi connectivity index (χ4n) is 1.97. The average Bonchev–Trinajstić information content (AvgIpc) is 2.92. The van der Waals surface area contributed by atoms with Crippen LogP contribution in [-0.2, 0) is 23.2 Å². The van der Waals surface area contributed by atoms with Gasteiger partial charge in [-0.05, 0) is 42.7 Å². The highest BCUT2D eigenvalue weighted by molar-refractivity contribution is 7.89. The molecule has 2 rings (SSSR count). The van der Waals surface area contributed by atoms with Crippen LogP contribution in [0.3, 0.4) is 0 Å². The van der Waals surface area contributed by atoms with E-state index in [0.29, 0.717) is 16.7 Å². The lowest BCUT2D eigenvalue weighted by molar-refractivity contribution is 0.236. The van der Waals surface area contributed by atoms with Gasteiger partial charge in [0.25, 0.3) is 10.0 Å². The van der Waals surface area contributed by atoms with Crippen molar-refractivity contribution >= 4 is 10.0 Å². The standard InChI is InChI=1S/C14H16FNO4S/c1-9-5-11(6-10(2)14(9)15)7-16-21(18,19)13-4-3-12(8-17)20-13/h3-6,16-17H,7-8H2,1-2H3. The molecule has 0 fully saturated rings. The highest BCUT2D eigenvalue weighted by Gasteiger charge is 2.18. The van der Waals surface area contributed by atoms with E-state index in [1.165, 1.54) is 12.1 Å². The van der Waals surface area contributed by atoms with Crippen LogP contribution in [0.4, 0.5) is 4.39 Å². The normalized spacial score (nSPS) is 11.8. The maximum Gasteiger partial charge on any atom is 0.274 e. The first kappa shape index (κ1) is 15.7. The Morgan fingerprint density at radius 2 is 1.86 bits per heavy atom. The molecule has 2 aromatic rings. The van der Waals surface area contributed by atoms with Crippen LogP contribution in [0, 0.1) is 19.7 Å². The van der Waals surface area contributed by atoms with Crippen molar-refractivity contribution in [2.24, 2.45) is 0 Å². The molecule has 0 radical (unpaired) electrons. The van der Waals surface area contributed by atoms with Crippen LogP contribution < -0.4 is 4.72 Å². The van der Waals surface area contributed by atoms with Gasteiger partial charge in [-0.1, -0.05) is 12.1 Å². The zero-order valence-electron chi connectivity index (χ0n) is 11.7. The molecule has 0 unspecified atom stereocenters. The number of rotatable bonds is 5. The summed E-state index contributed by atoms with van der Waals surface area (Å²) in [5.41, 5.74) is 1.58. The molecule has 7 heteroatoms. The summed E-state index contributed by atoms with van der Waals surface area (Å²) in [7, 11) is -3.81. The Hall–Kier alpha value is -1.70. The van der Waals surface area contributed by atoms with Gasteiger partial charge in [-0.15, -0.1) is 0 Å². The second-order valence-electron chi connectivity index (χ2n) is 4.75. The second-order valence-corrected chi connectivity index (χ2v) is 6.44. The molecule has 0 aliphatic carbocycles. The van der Waals surface area contributed by atoms with Gasteiger partial charge >= 0.3 is 0 Å². The highest BCUT2D eigenvalue weighted by Crippen LogP contribution is 2.17. The first-order valence-corrected chi connectivity index (χ1v) is 7.76. The molecule has 1 heterocycles. The van der Waals surface area contributed by atoms with Crippen LogP contribution in [0.25, 0.3) is 0 Å². The SMILES string of the molecule is Cc1cc(CNS(=O)(=O)c2ccc(CO)o2)cc(C)c1F. The quantitative estimate of drug-likeness (QED) is 0.885. The molecule has 114 valence electrons. The smallest absolute Gasteiger partial charge is 0.274 e. The molecule has 0 spiro atoms. The van der Waals surface area contributed by atoms with Crippen molar-refractivity contribution in [3.63, 3.8) is 0 Å². The molecule has 21 heavy (non-hydrogen) atoms. The summed E-state index contributed by atoms with van der Waals surface area (Å²) in [4.78, 5) is 0. The second kappa shape index (κ2) is 5.97. The molecule has 0 bridgehead atoms. The predicted molar refractivity (Wildman–Crippen MR) is 74.5 cm³/mol. The first-order valence-electron chi connectivity index (χ1n) is 6.28. The van der Waals surface area contributed by atoms with Crippen LogP contribution in [0.5, 0.6) is 0 Å². The minimum atomic E-state index is -3.81. The Bertz CT molecular complexity index is 729. The van der Waals surface area contributed by atoms with Gasteiger partial charge in [0, 0.05) is 6.54 Å². The number of aryl methyl sites for hydroxylation is 2. The van der Waals surface area contributed by atoms with Gasteiger partial charge in [0.1, 0.15) is 18.2 Å². The van der Waals surface area contributed by atoms with Crippen LogP contribution in [0.15, 0.2) is 33.8 Å². The molecule has 0 aliphatic heterocycles. The summed E-state index contributed by atoms with van der Waals surface area (Å²) in [6, 6.07) is 5.84. The van der Waals surface area contributed by atoms with E-state index in [9.17, 15) is 12.8 Å². The first-order chi connectivity index (χ1) is 9.83. The predicted octanol–water partition coefficient (Wildman–Crippen LogP) is 2.01. The lowest BCUT2D eigenvalue weighted by Gasteiger charge is -2.08. The summed E-state index contributed by atoms with van der Waals surface area (Å²) in [6.07, 6.45) is 0. The Morgan fingerprint density at radius 1 is 1.24 bits per heavy atom. The fraction of sp³-hybridized carbons (Fsp3) is 0.286. The van der Waals surface area contributed by atoms with E-state index in [1.54, 1.807) is 26.0 Å². The molecule has 0 amide bonds. The van der Waals surface area contributed by atoms with E-state index in [4.69, 9.17) is 9.52 Å². The van der Waals surface area contributed by atoms with Gasteiger partial charge in [0.2, 0.25) is 5.09 Å². The van der Waals surface area contributed by atoms with Crippen molar-refractivity contribution in [2.75, 3.05) is 0 Å². The lowest BCUT2D eigenvalue weighted by Crippen LogP contribution is -2.23. The molecule has 1 aromatic heterocycles. The van der Waals surface area contributed by atoms with Crippen molar-refractivity contribution in [1.29, 1.82) is 0 Å². The molecule has 0 saturated carbocycles. The summed E-state index contributed by atoms with van der Waals surface area (Å²) in [5.74, 6) is -0.121. The largest absolute Gasteiger partial charge is 0.446 e. The van der Waals surface area contributed by atoms with Crippen molar-refractivity contribution in [2.45, 2.75) is 32.1 Å². The van der Waals surface area contributed by atoms with Gasteiger partial charge in [-0.3, -0.25) is 0 Å². The third-order valence-electron chi connectivity index (χ3n) is 3.02. The number of aliphatic hydroxyl groups is 1. The third-order valence-corrected chi connectivity index (χ3v) is 4.29. The van der Waals surface area contributed by atoms with E-state index >= 15 is 0 Å². The lowest BCUT2D eigenvalue weighted by atomic mass is 10.1. The minimum absolute atomic E-state index is 0.0272. The molecule has 0 atom stereocenters. The van der Waals surface area contributed by atoms with Crippen LogP contribution in [0.2, 0.25) is 0 Å². The number of halogens is 1. The maximum atomic E-state index is 13.5. The Morgan fingerprint density at radius 3 is 2.38 bits per heavy atom. The Balaban J connectivity index is 2.15. The van der Waals surface area contributed by atoms with Gasteiger partial charge < -0.3 is 9.52 Å². The monoisotopic (exact) mass is 313 g/mol. The van der Waals surface area contributed by atoms with Crippen LogP contribution in [0.1, 0.15) is 22.5 Å². The van der Waals surface area contributed by atoms with E-state index in [0.717, 1.165) is 0 Å². The van der Waals surface area contributed by atoms with Gasteiger partial charge in [-0.2, -0.15) is 0 Å². The molecular formula is C14H16FNO4S. The molecule has 0 aliphatic rings. The number of nitrogens with one attached hydrogen (secondary N) is 1. The van der Waals surface area contributed by atoms with Crippen molar-refractivity contribution < 1.29 is 22.3 Å². The van der Waals surface area contributed by atoms with Crippen LogP contribution >= 0.6 is 0 Å². The fourth-order valence-corrected chi connectivity index (χ4v) is 2.94. The number of hydrogen-bond acceptors (Lipinski definition) is 4. The van der Waals surface area contributed by atoms with Gasteiger partial charge in [-0.25, -0.2) is 17.5 Å². The van der Waals surface area contributed by atoms with Crippen molar-refractivity contribution in [3.8, 4) is 0 Å². The Kier molecular flexibility index (Phi) is 4.46. The Labute approximate surface area is 122 Å². The van der Waals surface area contributed by atoms with E-state index < -0.39 is 10.0 Å². The summed E-state index contributed by atoms with van der Waals surface area (Å²) < 4.78 is 44.9. The number of hydrogen-bond donors (Lipinski definition) is 2. The molecular weight excluding hydrogens is 297 g/mol. The topological polar surface area (TPSA) is 79.5 Å². The zero-order chi connectivity index (χ0) is 15.6. The maximum absolute atomic E-state index is 13.5. The molecule has 5 nitrogen and oxygen atoms in total. The molecule has 0 saturated heterocycles. The third kappa shape index (κ3) is 3.49. The number of furan rings is 1.